The first-order chi connectivity index (χ1) is 11.5. The number of hydrogen-bond donors (Lipinski definition) is 0. The van der Waals surface area contributed by atoms with Crippen molar-refractivity contribution in [3.63, 3.8) is 0 Å². The number of carbonyl (C=O) groups is 2. The molecule has 2 rings (SSSR count). The summed E-state index contributed by atoms with van der Waals surface area (Å²) in [7, 11) is 1.41. The van der Waals surface area contributed by atoms with Gasteiger partial charge in [0, 0.05) is 32.6 Å². The van der Waals surface area contributed by atoms with Crippen LogP contribution in [0, 0.1) is 5.82 Å². The van der Waals surface area contributed by atoms with Crippen molar-refractivity contribution in [3.8, 4) is 5.75 Å². The van der Waals surface area contributed by atoms with E-state index in [4.69, 9.17) is 9.47 Å². The van der Waals surface area contributed by atoms with Gasteiger partial charge in [0.1, 0.15) is 0 Å². The van der Waals surface area contributed by atoms with Gasteiger partial charge in [0.15, 0.2) is 11.6 Å². The Bertz CT molecular complexity index is 586. The number of piperazine rings is 1. The maximum atomic E-state index is 13.6. The quantitative estimate of drug-likeness (QED) is 0.825. The summed E-state index contributed by atoms with van der Waals surface area (Å²) in [6, 6.07) is 4.71. The average molecular weight is 338 g/mol. The van der Waals surface area contributed by atoms with Gasteiger partial charge in [-0.05, 0) is 31.0 Å². The van der Waals surface area contributed by atoms with Gasteiger partial charge in [-0.3, -0.25) is 4.79 Å². The minimum Gasteiger partial charge on any atom is -0.494 e. The van der Waals surface area contributed by atoms with Gasteiger partial charge in [0.05, 0.1) is 13.7 Å². The highest BCUT2D eigenvalue weighted by Crippen LogP contribution is 2.19. The molecule has 0 unspecified atom stereocenters. The Morgan fingerprint density at radius 2 is 1.83 bits per heavy atom. The molecule has 0 aromatic heterocycles. The molecule has 0 bridgehead atoms. The fraction of sp³-hybridized carbons (Fsp3) is 0.529. The van der Waals surface area contributed by atoms with Crippen molar-refractivity contribution < 1.29 is 23.5 Å². The van der Waals surface area contributed by atoms with Gasteiger partial charge in [-0.15, -0.1) is 0 Å². The van der Waals surface area contributed by atoms with Crippen LogP contribution in [0.2, 0.25) is 0 Å². The number of hydrogen-bond acceptors (Lipinski definition) is 4. The zero-order chi connectivity index (χ0) is 17.5. The molecule has 24 heavy (non-hydrogen) atoms. The van der Waals surface area contributed by atoms with E-state index < -0.39 is 5.82 Å². The Kier molecular flexibility index (Phi) is 6.40. The van der Waals surface area contributed by atoms with E-state index in [1.165, 1.54) is 13.2 Å². The van der Waals surface area contributed by atoms with Crippen molar-refractivity contribution in [1.82, 2.24) is 9.80 Å². The van der Waals surface area contributed by atoms with E-state index in [1.54, 1.807) is 28.9 Å². The molecular weight excluding hydrogens is 315 g/mol. The second kappa shape index (κ2) is 8.52. The van der Waals surface area contributed by atoms with Crippen molar-refractivity contribution in [2.24, 2.45) is 0 Å². The number of methoxy groups -OCH3 is 1. The van der Waals surface area contributed by atoms with Crippen molar-refractivity contribution in [3.05, 3.63) is 29.6 Å². The number of nitrogens with zero attached hydrogens (tertiary/aromatic N) is 2. The third-order valence-electron chi connectivity index (χ3n) is 4.00. The predicted molar refractivity (Wildman–Crippen MR) is 86.4 cm³/mol. The maximum absolute atomic E-state index is 13.6. The number of amides is 2. The third-order valence-corrected chi connectivity index (χ3v) is 4.00. The average Bonchev–Trinajstić information content (AvgIpc) is 2.60. The molecule has 1 fully saturated rings. The van der Waals surface area contributed by atoms with Gasteiger partial charge in [0.2, 0.25) is 5.91 Å². The molecule has 2 amide bonds. The Morgan fingerprint density at radius 1 is 1.17 bits per heavy atom. The SMILES string of the molecule is CCOC(=O)N1CCN(C(=O)CCc2ccc(OC)c(F)c2)CC1. The summed E-state index contributed by atoms with van der Waals surface area (Å²) in [5, 5.41) is 0. The summed E-state index contributed by atoms with van der Waals surface area (Å²) >= 11 is 0. The molecule has 0 aliphatic carbocycles. The van der Waals surface area contributed by atoms with E-state index in [2.05, 4.69) is 0 Å². The molecule has 1 aromatic carbocycles. The lowest BCUT2D eigenvalue weighted by atomic mass is 10.1. The predicted octanol–water partition coefficient (Wildman–Crippen LogP) is 2.07. The first kappa shape index (κ1) is 18.0. The first-order valence-electron chi connectivity index (χ1n) is 8.07. The van der Waals surface area contributed by atoms with Gasteiger partial charge >= 0.3 is 6.09 Å². The minimum absolute atomic E-state index is 0.00901. The summed E-state index contributed by atoms with van der Waals surface area (Å²) in [5.74, 6) is -0.222. The Morgan fingerprint density at radius 3 is 2.42 bits per heavy atom. The maximum Gasteiger partial charge on any atom is 0.409 e. The third kappa shape index (κ3) is 4.59. The molecule has 1 aliphatic rings. The normalized spacial score (nSPS) is 14.5. The summed E-state index contributed by atoms with van der Waals surface area (Å²) in [5.41, 5.74) is 0.756. The first-order valence-corrected chi connectivity index (χ1v) is 8.07. The van der Waals surface area contributed by atoms with Gasteiger partial charge in [-0.25, -0.2) is 9.18 Å². The van der Waals surface area contributed by atoms with E-state index in [0.717, 1.165) is 5.56 Å². The number of halogens is 1. The van der Waals surface area contributed by atoms with Crippen LogP contribution in [0.4, 0.5) is 9.18 Å². The molecule has 6 nitrogen and oxygen atoms in total. The molecule has 1 aliphatic heterocycles. The van der Waals surface area contributed by atoms with Crippen molar-refractivity contribution in [1.29, 1.82) is 0 Å². The van der Waals surface area contributed by atoms with Crippen LogP contribution in [-0.2, 0) is 16.0 Å². The van der Waals surface area contributed by atoms with E-state index in [1.807, 2.05) is 0 Å². The standard InChI is InChI=1S/C17H23FN2O4/c1-3-24-17(22)20-10-8-19(9-11-20)16(21)7-5-13-4-6-15(23-2)14(18)12-13/h4,6,12H,3,5,7-11H2,1-2H3. The Labute approximate surface area is 141 Å². The molecule has 7 heteroatoms. The lowest BCUT2D eigenvalue weighted by Gasteiger charge is -2.34. The molecule has 0 saturated carbocycles. The van der Waals surface area contributed by atoms with Crippen molar-refractivity contribution in [2.45, 2.75) is 19.8 Å². The highest BCUT2D eigenvalue weighted by atomic mass is 19.1. The minimum atomic E-state index is -0.425. The lowest BCUT2D eigenvalue weighted by molar-refractivity contribution is -0.132. The molecule has 0 spiro atoms. The summed E-state index contributed by atoms with van der Waals surface area (Å²) in [4.78, 5) is 27.2. The number of carbonyl (C=O) groups excluding carboxylic acids is 2. The molecule has 0 radical (unpaired) electrons. The van der Waals surface area contributed by atoms with Gasteiger partial charge in [-0.1, -0.05) is 6.07 Å². The fourth-order valence-corrected chi connectivity index (χ4v) is 2.63. The van der Waals surface area contributed by atoms with Gasteiger partial charge in [0.25, 0.3) is 0 Å². The van der Waals surface area contributed by atoms with E-state index in [0.29, 0.717) is 45.6 Å². The highest BCUT2D eigenvalue weighted by molar-refractivity contribution is 5.77. The molecule has 0 atom stereocenters. The van der Waals surface area contributed by atoms with Crippen LogP contribution in [-0.4, -0.2) is 61.7 Å². The Balaban J connectivity index is 1.79. The Hall–Kier alpha value is -2.31. The van der Waals surface area contributed by atoms with Crippen LogP contribution in [0.3, 0.4) is 0 Å². The summed E-state index contributed by atoms with van der Waals surface area (Å²) in [6.07, 6.45) is 0.446. The number of rotatable bonds is 5. The van der Waals surface area contributed by atoms with E-state index in [9.17, 15) is 14.0 Å². The zero-order valence-electron chi connectivity index (χ0n) is 14.1. The molecule has 1 saturated heterocycles. The molecule has 132 valence electrons. The monoisotopic (exact) mass is 338 g/mol. The van der Waals surface area contributed by atoms with Crippen LogP contribution >= 0.6 is 0 Å². The lowest BCUT2D eigenvalue weighted by Crippen LogP contribution is -2.50. The number of aryl methyl sites for hydroxylation is 1. The van der Waals surface area contributed by atoms with Crippen LogP contribution in [0.5, 0.6) is 5.75 Å². The van der Waals surface area contributed by atoms with Crippen molar-refractivity contribution >= 4 is 12.0 Å². The van der Waals surface area contributed by atoms with Gasteiger partial charge in [-0.2, -0.15) is 0 Å². The topological polar surface area (TPSA) is 59.1 Å². The number of benzene rings is 1. The van der Waals surface area contributed by atoms with Crippen LogP contribution < -0.4 is 4.74 Å². The van der Waals surface area contributed by atoms with Crippen LogP contribution in [0.1, 0.15) is 18.9 Å². The van der Waals surface area contributed by atoms with E-state index >= 15 is 0 Å². The molecule has 0 N–H and O–H groups in total. The summed E-state index contributed by atoms with van der Waals surface area (Å²) in [6.45, 7) is 4.04. The second-order valence-corrected chi connectivity index (χ2v) is 5.54. The molecular formula is C17H23FN2O4. The second-order valence-electron chi connectivity index (χ2n) is 5.54. The smallest absolute Gasteiger partial charge is 0.409 e. The largest absolute Gasteiger partial charge is 0.494 e. The number of ether oxygens (including phenoxy) is 2. The van der Waals surface area contributed by atoms with E-state index in [-0.39, 0.29) is 17.7 Å². The molecule has 1 heterocycles. The summed E-state index contributed by atoms with van der Waals surface area (Å²) < 4.78 is 23.5. The van der Waals surface area contributed by atoms with Crippen LogP contribution in [0.15, 0.2) is 18.2 Å². The molecule has 1 aromatic rings. The van der Waals surface area contributed by atoms with Gasteiger partial charge < -0.3 is 19.3 Å². The highest BCUT2D eigenvalue weighted by Gasteiger charge is 2.24. The van der Waals surface area contributed by atoms with Crippen molar-refractivity contribution in [2.75, 3.05) is 39.9 Å². The fourth-order valence-electron chi connectivity index (χ4n) is 2.63. The zero-order valence-corrected chi connectivity index (χ0v) is 14.1. The van der Waals surface area contributed by atoms with Crippen LogP contribution in [0.25, 0.3) is 0 Å².